The molecule has 1 aliphatic rings. The Kier molecular flexibility index (Phi) is 2.61. The molecule has 0 aromatic heterocycles. The number of hydrazine groups is 1. The lowest BCUT2D eigenvalue weighted by Gasteiger charge is -2.34. The van der Waals surface area contributed by atoms with Crippen LogP contribution in [0.1, 0.15) is 20.3 Å². The van der Waals surface area contributed by atoms with Gasteiger partial charge in [-0.15, -0.1) is 0 Å². The lowest BCUT2D eigenvalue weighted by atomic mass is 9.88. The number of hydrogen-bond acceptors (Lipinski definition) is 3. The Labute approximate surface area is 66.9 Å². The van der Waals surface area contributed by atoms with E-state index in [1.165, 1.54) is 17.9 Å². The highest BCUT2D eigenvalue weighted by atomic mass is 32.2. The minimum absolute atomic E-state index is 0.472. The molecule has 60 valence electrons. The number of rotatable bonds is 1. The van der Waals surface area contributed by atoms with Crippen LogP contribution >= 0.6 is 11.8 Å². The predicted octanol–water partition coefficient (Wildman–Crippen LogP) is 0.981. The molecule has 0 saturated carbocycles. The van der Waals surface area contributed by atoms with Crippen molar-refractivity contribution >= 4 is 11.8 Å². The van der Waals surface area contributed by atoms with Crippen LogP contribution in [0.15, 0.2) is 0 Å². The van der Waals surface area contributed by atoms with Gasteiger partial charge in [-0.2, -0.15) is 11.8 Å². The highest BCUT2D eigenvalue weighted by Gasteiger charge is 2.27. The molecule has 0 aromatic rings. The molecule has 0 aliphatic carbocycles. The molecule has 1 heterocycles. The summed E-state index contributed by atoms with van der Waals surface area (Å²) >= 11 is 1.99. The van der Waals surface area contributed by atoms with Gasteiger partial charge in [-0.3, -0.25) is 11.3 Å². The fraction of sp³-hybridized carbons (Fsp3) is 1.00. The quantitative estimate of drug-likeness (QED) is 0.443. The third-order valence-electron chi connectivity index (χ3n) is 1.85. The molecule has 1 saturated heterocycles. The fourth-order valence-corrected chi connectivity index (χ4v) is 2.66. The zero-order valence-electron chi connectivity index (χ0n) is 6.68. The summed E-state index contributed by atoms with van der Waals surface area (Å²) in [5.74, 6) is 7.80. The van der Waals surface area contributed by atoms with Crippen LogP contribution < -0.4 is 11.3 Å². The molecule has 1 unspecified atom stereocenters. The lowest BCUT2D eigenvalue weighted by Crippen LogP contribution is -2.43. The largest absolute Gasteiger partial charge is 0.271 e. The van der Waals surface area contributed by atoms with Crippen molar-refractivity contribution in [2.45, 2.75) is 26.3 Å². The maximum absolute atomic E-state index is 5.36. The van der Waals surface area contributed by atoms with Gasteiger partial charge < -0.3 is 0 Å². The van der Waals surface area contributed by atoms with Crippen LogP contribution in [0, 0.1) is 5.41 Å². The SMILES string of the molecule is CC1(C)CSCC(NN)C1. The summed E-state index contributed by atoms with van der Waals surface area (Å²) in [6.45, 7) is 4.59. The molecule has 1 atom stereocenters. The molecule has 0 radical (unpaired) electrons. The Bertz CT molecular complexity index is 114. The number of nitrogens with one attached hydrogen (secondary N) is 1. The van der Waals surface area contributed by atoms with E-state index in [2.05, 4.69) is 19.3 Å². The van der Waals surface area contributed by atoms with E-state index in [0.29, 0.717) is 11.5 Å². The summed E-state index contributed by atoms with van der Waals surface area (Å²) in [5.41, 5.74) is 3.31. The Morgan fingerprint density at radius 1 is 1.60 bits per heavy atom. The van der Waals surface area contributed by atoms with Crippen LogP contribution in [0.5, 0.6) is 0 Å². The van der Waals surface area contributed by atoms with Crippen molar-refractivity contribution in [3.05, 3.63) is 0 Å². The van der Waals surface area contributed by atoms with Gasteiger partial charge >= 0.3 is 0 Å². The molecule has 1 aliphatic heterocycles. The summed E-state index contributed by atoms with van der Waals surface area (Å²) in [6, 6.07) is 0.522. The van der Waals surface area contributed by atoms with Gasteiger partial charge in [0, 0.05) is 11.8 Å². The monoisotopic (exact) mass is 160 g/mol. The van der Waals surface area contributed by atoms with Gasteiger partial charge in [-0.25, -0.2) is 0 Å². The van der Waals surface area contributed by atoms with Crippen LogP contribution in [0.2, 0.25) is 0 Å². The maximum Gasteiger partial charge on any atom is 0.0306 e. The third kappa shape index (κ3) is 2.15. The first-order chi connectivity index (χ1) is 4.64. The fourth-order valence-electron chi connectivity index (χ4n) is 1.37. The van der Waals surface area contributed by atoms with E-state index in [1.54, 1.807) is 0 Å². The Hall–Kier alpha value is 0.270. The van der Waals surface area contributed by atoms with Crippen LogP contribution in [0.3, 0.4) is 0 Å². The summed E-state index contributed by atoms with van der Waals surface area (Å²) in [7, 11) is 0. The summed E-state index contributed by atoms with van der Waals surface area (Å²) in [6.07, 6.45) is 1.20. The number of nitrogens with two attached hydrogens (primary N) is 1. The summed E-state index contributed by atoms with van der Waals surface area (Å²) in [4.78, 5) is 0. The number of hydrogen-bond donors (Lipinski definition) is 2. The van der Waals surface area contributed by atoms with E-state index < -0.39 is 0 Å². The van der Waals surface area contributed by atoms with E-state index in [4.69, 9.17) is 5.84 Å². The molecule has 0 spiro atoms. The topological polar surface area (TPSA) is 38.0 Å². The van der Waals surface area contributed by atoms with Gasteiger partial charge in [0.2, 0.25) is 0 Å². The Morgan fingerprint density at radius 3 is 2.70 bits per heavy atom. The number of thioether (sulfide) groups is 1. The molecule has 2 nitrogen and oxygen atoms in total. The second kappa shape index (κ2) is 3.11. The van der Waals surface area contributed by atoms with E-state index in [1.807, 2.05) is 11.8 Å². The van der Waals surface area contributed by atoms with E-state index in [0.717, 1.165) is 0 Å². The summed E-state index contributed by atoms with van der Waals surface area (Å²) < 4.78 is 0. The van der Waals surface area contributed by atoms with Crippen molar-refractivity contribution in [2.75, 3.05) is 11.5 Å². The van der Waals surface area contributed by atoms with Crippen molar-refractivity contribution in [2.24, 2.45) is 11.3 Å². The molecule has 0 amide bonds. The summed E-state index contributed by atoms with van der Waals surface area (Å²) in [5, 5.41) is 0. The van der Waals surface area contributed by atoms with Crippen molar-refractivity contribution < 1.29 is 0 Å². The minimum atomic E-state index is 0.472. The van der Waals surface area contributed by atoms with Gasteiger partial charge in [0.25, 0.3) is 0 Å². The third-order valence-corrected chi connectivity index (χ3v) is 3.47. The average Bonchev–Trinajstić information content (AvgIpc) is 1.86. The molecule has 0 aromatic carbocycles. The molecule has 3 heteroatoms. The first-order valence-electron chi connectivity index (χ1n) is 3.68. The van der Waals surface area contributed by atoms with Gasteiger partial charge in [-0.1, -0.05) is 13.8 Å². The molecule has 1 fully saturated rings. The second-order valence-electron chi connectivity index (χ2n) is 3.75. The molecule has 1 rings (SSSR count). The van der Waals surface area contributed by atoms with E-state index >= 15 is 0 Å². The average molecular weight is 160 g/mol. The van der Waals surface area contributed by atoms with Crippen LogP contribution in [0.25, 0.3) is 0 Å². The van der Waals surface area contributed by atoms with Crippen LogP contribution in [0.4, 0.5) is 0 Å². The Balaban J connectivity index is 2.40. The van der Waals surface area contributed by atoms with Crippen molar-refractivity contribution in [3.8, 4) is 0 Å². The van der Waals surface area contributed by atoms with Gasteiger partial charge in [0.1, 0.15) is 0 Å². The molecular formula is C7H16N2S. The highest BCUT2D eigenvalue weighted by Crippen LogP contribution is 2.32. The standard InChI is InChI=1S/C7H16N2S/c1-7(2)3-6(9-8)4-10-5-7/h6,9H,3-5,8H2,1-2H3. The normalized spacial score (nSPS) is 32.1. The van der Waals surface area contributed by atoms with Gasteiger partial charge in [0.15, 0.2) is 0 Å². The Morgan fingerprint density at radius 2 is 2.30 bits per heavy atom. The smallest absolute Gasteiger partial charge is 0.0306 e. The molecular weight excluding hydrogens is 144 g/mol. The lowest BCUT2D eigenvalue weighted by molar-refractivity contribution is 0.320. The van der Waals surface area contributed by atoms with Gasteiger partial charge in [-0.05, 0) is 17.6 Å². The first kappa shape index (κ1) is 8.37. The van der Waals surface area contributed by atoms with Crippen molar-refractivity contribution in [1.82, 2.24) is 5.43 Å². The minimum Gasteiger partial charge on any atom is -0.271 e. The zero-order chi connectivity index (χ0) is 7.61. The molecule has 10 heavy (non-hydrogen) atoms. The first-order valence-corrected chi connectivity index (χ1v) is 4.83. The predicted molar refractivity (Wildman–Crippen MR) is 46.8 cm³/mol. The molecule has 0 bridgehead atoms. The van der Waals surface area contributed by atoms with Crippen molar-refractivity contribution in [1.29, 1.82) is 0 Å². The van der Waals surface area contributed by atoms with E-state index in [9.17, 15) is 0 Å². The zero-order valence-corrected chi connectivity index (χ0v) is 7.50. The van der Waals surface area contributed by atoms with E-state index in [-0.39, 0.29) is 0 Å². The maximum atomic E-state index is 5.36. The molecule has 3 N–H and O–H groups in total. The van der Waals surface area contributed by atoms with Crippen LogP contribution in [-0.4, -0.2) is 17.5 Å². The van der Waals surface area contributed by atoms with Crippen LogP contribution in [-0.2, 0) is 0 Å². The van der Waals surface area contributed by atoms with Gasteiger partial charge in [0.05, 0.1) is 0 Å². The van der Waals surface area contributed by atoms with Crippen molar-refractivity contribution in [3.63, 3.8) is 0 Å². The highest BCUT2D eigenvalue weighted by molar-refractivity contribution is 7.99. The second-order valence-corrected chi connectivity index (χ2v) is 4.78.